The molecule has 1 N–H and O–H groups in total. The Morgan fingerprint density at radius 2 is 1.92 bits per heavy atom. The van der Waals surface area contributed by atoms with Crippen molar-refractivity contribution < 1.29 is 9.53 Å². The van der Waals surface area contributed by atoms with Crippen LogP contribution in [0.3, 0.4) is 0 Å². The average molecular weight is 352 g/mol. The van der Waals surface area contributed by atoms with E-state index in [2.05, 4.69) is 32.1 Å². The largest absolute Gasteiger partial charge is 0.497 e. The number of nitrogens with zero attached hydrogens (tertiary/aromatic N) is 3. The number of hydrogen-bond donors (Lipinski definition) is 1. The molecular formula is C20H24N4O2. The molecule has 4 aliphatic heterocycles. The topological polar surface area (TPSA) is 61.5 Å². The summed E-state index contributed by atoms with van der Waals surface area (Å²) in [6, 6.07) is 10.9. The minimum Gasteiger partial charge on any atom is -0.497 e. The van der Waals surface area contributed by atoms with E-state index >= 15 is 0 Å². The van der Waals surface area contributed by atoms with Gasteiger partial charge in [-0.15, -0.1) is 0 Å². The molecule has 6 heteroatoms. The van der Waals surface area contributed by atoms with Crippen LogP contribution < -0.4 is 4.74 Å². The fourth-order valence-corrected chi connectivity index (χ4v) is 5.33. The van der Waals surface area contributed by atoms with Crippen molar-refractivity contribution in [3.63, 3.8) is 0 Å². The molecule has 0 aliphatic carbocycles. The number of benzene rings is 1. The Morgan fingerprint density at radius 3 is 2.58 bits per heavy atom. The lowest BCUT2D eigenvalue weighted by Gasteiger charge is -2.51. The zero-order valence-electron chi connectivity index (χ0n) is 15.0. The van der Waals surface area contributed by atoms with Gasteiger partial charge < -0.3 is 9.64 Å². The Hall–Kier alpha value is -2.34. The summed E-state index contributed by atoms with van der Waals surface area (Å²) in [7, 11) is 1.69. The third-order valence-electron chi connectivity index (χ3n) is 6.53. The van der Waals surface area contributed by atoms with Crippen LogP contribution in [0.2, 0.25) is 0 Å². The Balaban J connectivity index is 1.51. The average Bonchev–Trinajstić information content (AvgIpc) is 3.38. The number of piperidine rings is 3. The highest BCUT2D eigenvalue weighted by molar-refractivity contribution is 5.92. The van der Waals surface area contributed by atoms with E-state index in [1.165, 1.54) is 18.4 Å². The Kier molecular flexibility index (Phi) is 3.74. The summed E-state index contributed by atoms with van der Waals surface area (Å²) in [4.78, 5) is 17.9. The van der Waals surface area contributed by atoms with Crippen molar-refractivity contribution in [1.29, 1.82) is 0 Å². The molecule has 0 spiro atoms. The molecule has 1 aromatic heterocycles. The first kappa shape index (κ1) is 15.9. The van der Waals surface area contributed by atoms with Crippen molar-refractivity contribution in [3.8, 4) is 5.75 Å². The lowest BCUT2D eigenvalue weighted by atomic mass is 9.75. The van der Waals surface area contributed by atoms with Gasteiger partial charge in [-0.2, -0.15) is 5.10 Å². The number of carbonyl (C=O) groups excluding carboxylic acids is 1. The van der Waals surface area contributed by atoms with E-state index in [-0.39, 0.29) is 5.91 Å². The maximum atomic E-state index is 13.1. The zero-order chi connectivity index (χ0) is 17.7. The monoisotopic (exact) mass is 352 g/mol. The van der Waals surface area contributed by atoms with Gasteiger partial charge in [0, 0.05) is 24.7 Å². The van der Waals surface area contributed by atoms with Crippen molar-refractivity contribution in [2.24, 2.45) is 5.92 Å². The highest BCUT2D eigenvalue weighted by Crippen LogP contribution is 2.47. The third-order valence-corrected chi connectivity index (χ3v) is 6.53. The predicted octanol–water partition coefficient (Wildman–Crippen LogP) is 2.12. The fourth-order valence-electron chi connectivity index (χ4n) is 5.33. The van der Waals surface area contributed by atoms with Gasteiger partial charge in [0.25, 0.3) is 5.91 Å². The summed E-state index contributed by atoms with van der Waals surface area (Å²) in [5, 5.41) is 6.82. The minimum atomic E-state index is 0.0854. The highest BCUT2D eigenvalue weighted by Gasteiger charge is 2.54. The number of methoxy groups -OCH3 is 1. The molecule has 1 amide bonds. The van der Waals surface area contributed by atoms with E-state index in [0.29, 0.717) is 29.6 Å². The highest BCUT2D eigenvalue weighted by atomic mass is 16.5. The van der Waals surface area contributed by atoms with E-state index in [1.54, 1.807) is 19.4 Å². The maximum Gasteiger partial charge on any atom is 0.272 e. The predicted molar refractivity (Wildman–Crippen MR) is 97.2 cm³/mol. The van der Waals surface area contributed by atoms with Crippen LogP contribution in [0, 0.1) is 5.92 Å². The first-order chi connectivity index (χ1) is 12.8. The van der Waals surface area contributed by atoms with Gasteiger partial charge in [0.2, 0.25) is 0 Å². The summed E-state index contributed by atoms with van der Waals surface area (Å²) in [6.07, 6.45) is 4.05. The SMILES string of the molecule is COc1ccc(C2CN(C(=O)c3ccn[nH]3)C3C4CCN(CC4)C23)cc1. The molecule has 4 saturated heterocycles. The van der Waals surface area contributed by atoms with Crippen LogP contribution in [0.25, 0.3) is 0 Å². The second kappa shape index (κ2) is 6.13. The molecule has 2 aromatic rings. The van der Waals surface area contributed by atoms with E-state index in [4.69, 9.17) is 4.74 Å². The Labute approximate surface area is 153 Å². The molecule has 3 unspecified atom stereocenters. The van der Waals surface area contributed by atoms with Gasteiger partial charge in [-0.3, -0.25) is 14.8 Å². The smallest absolute Gasteiger partial charge is 0.272 e. The summed E-state index contributed by atoms with van der Waals surface area (Å²) < 4.78 is 5.31. The van der Waals surface area contributed by atoms with Gasteiger partial charge in [0.15, 0.2) is 0 Å². The van der Waals surface area contributed by atoms with Gasteiger partial charge >= 0.3 is 0 Å². The van der Waals surface area contributed by atoms with Crippen molar-refractivity contribution in [3.05, 3.63) is 47.8 Å². The van der Waals surface area contributed by atoms with E-state index in [1.807, 2.05) is 12.1 Å². The summed E-state index contributed by atoms with van der Waals surface area (Å²) >= 11 is 0. The molecule has 5 heterocycles. The van der Waals surface area contributed by atoms with Gasteiger partial charge in [-0.1, -0.05) is 12.1 Å². The number of nitrogens with one attached hydrogen (secondary N) is 1. The molecule has 6 rings (SSSR count). The Morgan fingerprint density at radius 1 is 1.15 bits per heavy atom. The van der Waals surface area contributed by atoms with Crippen LogP contribution >= 0.6 is 0 Å². The van der Waals surface area contributed by atoms with Crippen LogP contribution in [0.1, 0.15) is 34.8 Å². The van der Waals surface area contributed by atoms with Crippen molar-refractivity contribution in [2.75, 3.05) is 26.7 Å². The van der Waals surface area contributed by atoms with Crippen molar-refractivity contribution >= 4 is 5.91 Å². The van der Waals surface area contributed by atoms with E-state index in [9.17, 15) is 4.79 Å². The summed E-state index contributed by atoms with van der Waals surface area (Å²) in [5.41, 5.74) is 1.89. The number of likely N-dealkylation sites (tertiary alicyclic amines) is 1. The quantitative estimate of drug-likeness (QED) is 0.919. The maximum absolute atomic E-state index is 13.1. The van der Waals surface area contributed by atoms with Gasteiger partial charge in [0.05, 0.1) is 13.2 Å². The number of hydrogen-bond acceptors (Lipinski definition) is 4. The third kappa shape index (κ3) is 2.35. The molecule has 1 aromatic carbocycles. The van der Waals surface area contributed by atoms with E-state index in [0.717, 1.165) is 25.4 Å². The number of amides is 1. The molecule has 3 atom stereocenters. The molecule has 0 radical (unpaired) electrons. The van der Waals surface area contributed by atoms with Crippen molar-refractivity contribution in [2.45, 2.75) is 30.8 Å². The normalized spacial score (nSPS) is 32.5. The van der Waals surface area contributed by atoms with Crippen LogP contribution in [0.4, 0.5) is 0 Å². The number of H-pyrrole nitrogens is 1. The first-order valence-corrected chi connectivity index (χ1v) is 9.44. The molecule has 2 bridgehead atoms. The standard InChI is InChI=1S/C20H24N4O2/c1-26-15-4-2-13(3-5-15)16-12-24(20(25)17-6-9-21-22-17)18-14-7-10-23(11-8-14)19(16)18/h2-6,9,14,16,18-19H,7-8,10-12H2,1H3,(H,21,22). The second-order valence-electron chi connectivity index (χ2n) is 7.66. The molecule has 4 fully saturated rings. The number of aromatic amines is 1. The van der Waals surface area contributed by atoms with Gasteiger partial charge in [-0.05, 0) is 55.6 Å². The first-order valence-electron chi connectivity index (χ1n) is 9.44. The molecule has 4 aliphatic rings. The fraction of sp³-hybridized carbons (Fsp3) is 0.500. The summed E-state index contributed by atoms with van der Waals surface area (Å²) in [5.74, 6) is 1.92. The van der Waals surface area contributed by atoms with Crippen LogP contribution in [0.5, 0.6) is 5.75 Å². The van der Waals surface area contributed by atoms with Gasteiger partial charge in [0.1, 0.15) is 11.4 Å². The van der Waals surface area contributed by atoms with Crippen molar-refractivity contribution in [1.82, 2.24) is 20.0 Å². The number of rotatable bonds is 3. The molecule has 6 nitrogen and oxygen atoms in total. The minimum absolute atomic E-state index is 0.0854. The van der Waals surface area contributed by atoms with Crippen LogP contribution in [-0.2, 0) is 0 Å². The Bertz CT molecular complexity index is 781. The molecule has 26 heavy (non-hydrogen) atoms. The van der Waals surface area contributed by atoms with Crippen LogP contribution in [-0.4, -0.2) is 64.7 Å². The number of carbonyl (C=O) groups is 1. The lowest BCUT2D eigenvalue weighted by Crippen LogP contribution is -2.60. The van der Waals surface area contributed by atoms with Crippen LogP contribution in [0.15, 0.2) is 36.5 Å². The second-order valence-corrected chi connectivity index (χ2v) is 7.66. The number of ether oxygens (including phenoxy) is 1. The lowest BCUT2D eigenvalue weighted by molar-refractivity contribution is -0.00358. The number of fused-ring (bicyclic) bond motifs is 2. The zero-order valence-corrected chi connectivity index (χ0v) is 15.0. The molecule has 0 saturated carbocycles. The number of aromatic nitrogens is 2. The molecular weight excluding hydrogens is 328 g/mol. The van der Waals surface area contributed by atoms with E-state index < -0.39 is 0 Å². The summed E-state index contributed by atoms with van der Waals surface area (Å²) in [6.45, 7) is 3.08. The molecule has 136 valence electrons. The van der Waals surface area contributed by atoms with Gasteiger partial charge in [-0.25, -0.2) is 0 Å².